The van der Waals surface area contributed by atoms with Crippen molar-refractivity contribution in [3.63, 3.8) is 0 Å². The van der Waals surface area contributed by atoms with Crippen molar-refractivity contribution >= 4 is 48.1 Å². The van der Waals surface area contributed by atoms with E-state index in [9.17, 15) is 0 Å². The number of aryl methyl sites for hydroxylation is 2. The SMILES string of the molecule is C[Si]C.Cc1cc2c(-c3ccc(Oc4ccccc4)cc3)cccc2[cH-]1.Cc1cc2c(-c3ccc(Oc4ccccc4)cc3)cccc2[cH-]1.[Cl][Zr+2][Cl]. The molecule has 52 heavy (non-hydrogen) atoms. The van der Waals surface area contributed by atoms with Crippen molar-refractivity contribution in [2.24, 2.45) is 0 Å². The van der Waals surface area contributed by atoms with Crippen LogP contribution in [0.1, 0.15) is 11.1 Å². The summed E-state index contributed by atoms with van der Waals surface area (Å²) in [5, 5.41) is 5.21. The molecule has 0 spiro atoms. The maximum absolute atomic E-state index is 5.86. The van der Waals surface area contributed by atoms with Gasteiger partial charge in [-0.3, -0.25) is 0 Å². The number of hydrogen-bond donors (Lipinski definition) is 0. The average molecular weight is 815 g/mol. The van der Waals surface area contributed by atoms with Crippen LogP contribution in [0.25, 0.3) is 43.8 Å². The molecule has 0 heterocycles. The first kappa shape index (κ1) is 39.0. The Morgan fingerprint density at radius 2 is 0.788 bits per heavy atom. The average Bonchev–Trinajstić information content (AvgIpc) is 3.75. The molecule has 8 rings (SSSR count). The molecule has 2 radical (unpaired) electrons. The van der Waals surface area contributed by atoms with E-state index in [1.165, 1.54) is 54.9 Å². The molecule has 0 unspecified atom stereocenters. The number of rotatable bonds is 6. The predicted octanol–water partition coefficient (Wildman–Crippen LogP) is 14.8. The van der Waals surface area contributed by atoms with Gasteiger partial charge in [0.1, 0.15) is 23.0 Å². The molecule has 0 aliphatic carbocycles. The number of halogens is 2. The van der Waals surface area contributed by atoms with Crippen LogP contribution in [0.15, 0.2) is 170 Å². The van der Waals surface area contributed by atoms with Gasteiger partial charge in [-0.1, -0.05) is 111 Å². The van der Waals surface area contributed by atoms with Crippen molar-refractivity contribution in [2.45, 2.75) is 26.9 Å². The van der Waals surface area contributed by atoms with Crippen LogP contribution in [0.4, 0.5) is 0 Å². The zero-order chi connectivity index (χ0) is 36.7. The van der Waals surface area contributed by atoms with Crippen LogP contribution < -0.4 is 9.47 Å². The van der Waals surface area contributed by atoms with E-state index in [0.717, 1.165) is 32.5 Å². The van der Waals surface area contributed by atoms with Crippen LogP contribution in [0.3, 0.4) is 0 Å². The fraction of sp³-hybridized carbons (Fsp3) is 0.0870. The minimum absolute atomic E-state index is 0.826. The zero-order valence-corrected chi connectivity index (χ0v) is 34.7. The van der Waals surface area contributed by atoms with Gasteiger partial charge in [0.2, 0.25) is 0 Å². The van der Waals surface area contributed by atoms with Gasteiger partial charge in [-0.05, 0) is 59.7 Å². The summed E-state index contributed by atoms with van der Waals surface area (Å²) < 4.78 is 11.7. The Morgan fingerprint density at radius 3 is 1.13 bits per heavy atom. The van der Waals surface area contributed by atoms with Gasteiger partial charge < -0.3 is 9.47 Å². The van der Waals surface area contributed by atoms with E-state index < -0.39 is 20.8 Å². The second-order valence-electron chi connectivity index (χ2n) is 12.1. The molecule has 258 valence electrons. The van der Waals surface area contributed by atoms with Crippen LogP contribution >= 0.6 is 17.0 Å². The fourth-order valence-electron chi connectivity index (χ4n) is 5.93. The molecule has 0 aliphatic heterocycles. The van der Waals surface area contributed by atoms with Crippen molar-refractivity contribution < 1.29 is 30.3 Å². The molecule has 0 fully saturated rings. The molecular weight excluding hydrogens is 775 g/mol. The van der Waals surface area contributed by atoms with Gasteiger partial charge >= 0.3 is 37.9 Å². The molecule has 0 aromatic heterocycles. The van der Waals surface area contributed by atoms with E-state index >= 15 is 0 Å². The first-order valence-electron chi connectivity index (χ1n) is 17.0. The van der Waals surface area contributed by atoms with Gasteiger partial charge in [0.15, 0.2) is 0 Å². The number of para-hydroxylation sites is 2. The Kier molecular flexibility index (Phi) is 15.1. The molecule has 8 aromatic rings. The predicted molar refractivity (Wildman–Crippen MR) is 222 cm³/mol. The summed E-state index contributed by atoms with van der Waals surface area (Å²) in [6.45, 7) is 8.58. The monoisotopic (exact) mass is 812 g/mol. The molecule has 6 heteroatoms. The number of hydrogen-bond acceptors (Lipinski definition) is 2. The van der Waals surface area contributed by atoms with Gasteiger partial charge in [-0.25, -0.2) is 0 Å². The molecule has 0 bridgehead atoms. The van der Waals surface area contributed by atoms with Crippen LogP contribution in [0.2, 0.25) is 13.1 Å². The molecular formula is C46H40Cl2O2SiZr. The molecule has 8 aromatic carbocycles. The normalized spacial score (nSPS) is 10.1. The van der Waals surface area contributed by atoms with Gasteiger partial charge in [0.25, 0.3) is 0 Å². The number of fused-ring (bicyclic) bond motifs is 2. The van der Waals surface area contributed by atoms with E-state index in [4.69, 9.17) is 26.5 Å². The fourth-order valence-corrected chi connectivity index (χ4v) is 5.93. The van der Waals surface area contributed by atoms with Crippen molar-refractivity contribution in [3.05, 3.63) is 181 Å². The summed E-state index contributed by atoms with van der Waals surface area (Å²) in [6, 6.07) is 58.2. The summed E-state index contributed by atoms with van der Waals surface area (Å²) in [5.74, 6) is 3.42. The standard InChI is InChI=1S/2C22H17O.C2H6Si.2ClH.Zr/c2*1-16-14-18-6-5-9-21(22(18)15-16)17-10-12-20(13-11-17)23-19-7-3-2-4-8-19;1-3-2;;;/h2*2-15H,1H3;1-2H3;2*1H;/q2*-1;;;;+4/p-2. The molecule has 0 saturated heterocycles. The van der Waals surface area contributed by atoms with Crippen LogP contribution in [-0.2, 0) is 20.8 Å². The third-order valence-electron chi connectivity index (χ3n) is 8.08. The summed E-state index contributed by atoms with van der Waals surface area (Å²) in [5.41, 5.74) is 7.56. The Balaban J connectivity index is 0.000000175. The maximum atomic E-state index is 5.86. The molecule has 0 saturated carbocycles. The van der Waals surface area contributed by atoms with Crippen molar-refractivity contribution in [1.82, 2.24) is 0 Å². The summed E-state index contributed by atoms with van der Waals surface area (Å²) in [7, 11) is 11.0. The van der Waals surface area contributed by atoms with E-state index in [1.807, 2.05) is 84.9 Å². The van der Waals surface area contributed by atoms with Crippen molar-refractivity contribution in [1.29, 1.82) is 0 Å². The molecule has 0 aliphatic rings. The van der Waals surface area contributed by atoms with Crippen LogP contribution in [0.5, 0.6) is 23.0 Å². The third kappa shape index (κ3) is 10.9. The zero-order valence-electron chi connectivity index (χ0n) is 29.7. The van der Waals surface area contributed by atoms with Crippen LogP contribution in [0, 0.1) is 13.8 Å². The Bertz CT molecular complexity index is 2080. The summed E-state index contributed by atoms with van der Waals surface area (Å²) in [4.78, 5) is 0. The Labute approximate surface area is 329 Å². The van der Waals surface area contributed by atoms with Gasteiger partial charge in [0.05, 0.1) is 0 Å². The second-order valence-corrected chi connectivity index (χ2v) is 16.9. The third-order valence-corrected chi connectivity index (χ3v) is 8.08. The molecule has 0 atom stereocenters. The van der Waals surface area contributed by atoms with Crippen molar-refractivity contribution in [2.75, 3.05) is 0 Å². The Hall–Kier alpha value is -4.18. The Morgan fingerprint density at radius 1 is 0.462 bits per heavy atom. The minimum atomic E-state index is -0.826. The molecule has 0 N–H and O–H groups in total. The van der Waals surface area contributed by atoms with Crippen molar-refractivity contribution in [3.8, 4) is 45.3 Å². The van der Waals surface area contributed by atoms with Crippen LogP contribution in [-0.4, -0.2) is 9.52 Å². The quantitative estimate of drug-likeness (QED) is 0.123. The van der Waals surface area contributed by atoms with Gasteiger partial charge in [-0.2, -0.15) is 12.1 Å². The van der Waals surface area contributed by atoms with Gasteiger partial charge in [0, 0.05) is 9.52 Å². The van der Waals surface area contributed by atoms with Gasteiger partial charge in [-0.15, -0.1) is 69.1 Å². The summed E-state index contributed by atoms with van der Waals surface area (Å²) >= 11 is -0.826. The number of ether oxygens (including phenoxy) is 2. The molecule has 2 nitrogen and oxygen atoms in total. The second kappa shape index (κ2) is 20.2. The van der Waals surface area contributed by atoms with E-state index in [-0.39, 0.29) is 0 Å². The van der Waals surface area contributed by atoms with E-state index in [0.29, 0.717) is 0 Å². The molecule has 0 amide bonds. The van der Waals surface area contributed by atoms with E-state index in [2.05, 4.69) is 112 Å². The first-order valence-corrected chi connectivity index (χ1v) is 25.3. The topological polar surface area (TPSA) is 18.5 Å². The first-order chi connectivity index (χ1) is 25.4. The number of benzene rings is 6. The van der Waals surface area contributed by atoms with E-state index in [1.54, 1.807) is 0 Å². The summed E-state index contributed by atoms with van der Waals surface area (Å²) in [6.07, 6.45) is 0.